The fraction of sp³-hybridized carbons (Fsp3) is 0.636. The minimum Gasteiger partial charge on any atom is -0.478 e. The van der Waals surface area contributed by atoms with Crippen LogP contribution in [0.5, 0.6) is 0 Å². The molecule has 84 valence electrons. The second-order valence-corrected chi connectivity index (χ2v) is 3.83. The second-order valence-electron chi connectivity index (χ2n) is 3.83. The largest absolute Gasteiger partial charge is 0.478 e. The van der Waals surface area contributed by atoms with Crippen LogP contribution in [0.3, 0.4) is 0 Å². The standard InChI is InChI=1S/C11H16O4/c1-8(7-10(12)13)11(14)15-9-5-3-2-4-6-9/h7,9H,2-6H2,1H3,(H,12,13). The van der Waals surface area contributed by atoms with E-state index in [1.54, 1.807) is 0 Å². The Morgan fingerprint density at radius 2 is 1.87 bits per heavy atom. The van der Waals surface area contributed by atoms with Crippen LogP contribution in [-0.4, -0.2) is 23.1 Å². The van der Waals surface area contributed by atoms with E-state index in [1.807, 2.05) is 0 Å². The van der Waals surface area contributed by atoms with Crippen molar-refractivity contribution in [2.75, 3.05) is 0 Å². The monoisotopic (exact) mass is 212 g/mol. The zero-order valence-corrected chi connectivity index (χ0v) is 8.86. The molecule has 0 amide bonds. The molecule has 0 bridgehead atoms. The first-order valence-electron chi connectivity index (χ1n) is 5.22. The number of carboxylic acid groups (broad SMARTS) is 1. The van der Waals surface area contributed by atoms with E-state index in [-0.39, 0.29) is 11.7 Å². The molecule has 1 saturated carbocycles. The molecule has 0 spiro atoms. The fourth-order valence-electron chi connectivity index (χ4n) is 1.67. The van der Waals surface area contributed by atoms with Crippen LogP contribution in [0.4, 0.5) is 0 Å². The van der Waals surface area contributed by atoms with E-state index in [1.165, 1.54) is 13.3 Å². The summed E-state index contributed by atoms with van der Waals surface area (Å²) in [5.41, 5.74) is 0.146. The van der Waals surface area contributed by atoms with E-state index in [9.17, 15) is 9.59 Å². The van der Waals surface area contributed by atoms with Crippen LogP contribution in [-0.2, 0) is 14.3 Å². The average molecular weight is 212 g/mol. The Bertz CT molecular complexity index is 274. The van der Waals surface area contributed by atoms with Crippen molar-refractivity contribution in [2.45, 2.75) is 45.1 Å². The molecule has 0 unspecified atom stereocenters. The van der Waals surface area contributed by atoms with Gasteiger partial charge in [-0.1, -0.05) is 6.42 Å². The lowest BCUT2D eigenvalue weighted by Gasteiger charge is -2.21. The number of rotatable bonds is 3. The molecule has 0 aromatic heterocycles. The second kappa shape index (κ2) is 5.53. The highest BCUT2D eigenvalue weighted by molar-refractivity contribution is 5.95. The van der Waals surface area contributed by atoms with Gasteiger partial charge in [0.1, 0.15) is 6.10 Å². The third kappa shape index (κ3) is 4.14. The molecule has 0 aliphatic heterocycles. The first-order valence-corrected chi connectivity index (χ1v) is 5.22. The first kappa shape index (κ1) is 11.8. The Labute approximate surface area is 88.9 Å². The molecule has 1 N–H and O–H groups in total. The molecule has 15 heavy (non-hydrogen) atoms. The zero-order chi connectivity index (χ0) is 11.3. The van der Waals surface area contributed by atoms with Gasteiger partial charge >= 0.3 is 11.9 Å². The zero-order valence-electron chi connectivity index (χ0n) is 8.86. The van der Waals surface area contributed by atoms with E-state index < -0.39 is 11.9 Å². The van der Waals surface area contributed by atoms with E-state index in [4.69, 9.17) is 9.84 Å². The molecule has 4 heteroatoms. The molecule has 0 aromatic rings. The molecule has 0 saturated heterocycles. The third-order valence-electron chi connectivity index (χ3n) is 2.49. The summed E-state index contributed by atoms with van der Waals surface area (Å²) in [6.07, 6.45) is 6.00. The summed E-state index contributed by atoms with van der Waals surface area (Å²) in [6, 6.07) is 0. The smallest absolute Gasteiger partial charge is 0.334 e. The minimum atomic E-state index is -1.12. The van der Waals surface area contributed by atoms with Crippen LogP contribution in [0.15, 0.2) is 11.6 Å². The maximum Gasteiger partial charge on any atom is 0.334 e. The van der Waals surface area contributed by atoms with Crippen molar-refractivity contribution >= 4 is 11.9 Å². The van der Waals surface area contributed by atoms with Gasteiger partial charge in [-0.05, 0) is 32.6 Å². The van der Waals surface area contributed by atoms with Crippen molar-refractivity contribution in [3.63, 3.8) is 0 Å². The van der Waals surface area contributed by atoms with Gasteiger partial charge in [-0.25, -0.2) is 9.59 Å². The number of carbonyl (C=O) groups excluding carboxylic acids is 1. The summed E-state index contributed by atoms with van der Waals surface area (Å²) in [5, 5.41) is 8.45. The maximum atomic E-state index is 11.4. The average Bonchev–Trinajstić information content (AvgIpc) is 2.18. The molecule has 1 aliphatic rings. The highest BCUT2D eigenvalue weighted by Crippen LogP contribution is 2.21. The molecule has 0 radical (unpaired) electrons. The van der Waals surface area contributed by atoms with Crippen LogP contribution < -0.4 is 0 Å². The molecule has 0 heterocycles. The summed E-state index contributed by atoms with van der Waals surface area (Å²) < 4.78 is 5.18. The molecule has 4 nitrogen and oxygen atoms in total. The topological polar surface area (TPSA) is 63.6 Å². The molecule has 1 rings (SSSR count). The van der Waals surface area contributed by atoms with Crippen molar-refractivity contribution in [2.24, 2.45) is 0 Å². The van der Waals surface area contributed by atoms with Crippen molar-refractivity contribution in [1.82, 2.24) is 0 Å². The first-order chi connectivity index (χ1) is 7.09. The Hall–Kier alpha value is -1.32. The normalized spacial score (nSPS) is 18.6. The Balaban J connectivity index is 2.43. The van der Waals surface area contributed by atoms with Gasteiger partial charge in [0.15, 0.2) is 0 Å². The summed E-state index contributed by atoms with van der Waals surface area (Å²) in [6.45, 7) is 1.46. The maximum absolute atomic E-state index is 11.4. The molecule has 1 aliphatic carbocycles. The van der Waals surface area contributed by atoms with Gasteiger partial charge in [0, 0.05) is 11.6 Å². The minimum absolute atomic E-state index is 0.0246. The summed E-state index contributed by atoms with van der Waals surface area (Å²) in [5.74, 6) is -1.63. The number of aliphatic carboxylic acids is 1. The van der Waals surface area contributed by atoms with E-state index in [0.29, 0.717) is 0 Å². The van der Waals surface area contributed by atoms with E-state index in [0.717, 1.165) is 31.8 Å². The van der Waals surface area contributed by atoms with Crippen LogP contribution in [0, 0.1) is 0 Å². The fourth-order valence-corrected chi connectivity index (χ4v) is 1.67. The van der Waals surface area contributed by atoms with Crippen LogP contribution in [0.2, 0.25) is 0 Å². The molecule has 0 atom stereocenters. The van der Waals surface area contributed by atoms with Gasteiger partial charge in [0.05, 0.1) is 0 Å². The summed E-state index contributed by atoms with van der Waals surface area (Å²) in [4.78, 5) is 21.7. The summed E-state index contributed by atoms with van der Waals surface area (Å²) in [7, 11) is 0. The Morgan fingerprint density at radius 3 is 2.40 bits per heavy atom. The van der Waals surface area contributed by atoms with Crippen LogP contribution in [0.25, 0.3) is 0 Å². The SMILES string of the molecule is CC(=CC(=O)O)C(=O)OC1CCCCC1. The quantitative estimate of drug-likeness (QED) is 0.573. The lowest BCUT2D eigenvalue weighted by atomic mass is 9.98. The van der Waals surface area contributed by atoms with Gasteiger partial charge in [-0.3, -0.25) is 0 Å². The molecular weight excluding hydrogens is 196 g/mol. The number of carbonyl (C=O) groups is 2. The lowest BCUT2D eigenvalue weighted by molar-refractivity contribution is -0.146. The Kier molecular flexibility index (Phi) is 4.34. The Morgan fingerprint density at radius 1 is 1.27 bits per heavy atom. The van der Waals surface area contributed by atoms with Crippen molar-refractivity contribution in [3.05, 3.63) is 11.6 Å². The van der Waals surface area contributed by atoms with Crippen molar-refractivity contribution in [1.29, 1.82) is 0 Å². The number of ether oxygens (including phenoxy) is 1. The highest BCUT2D eigenvalue weighted by Gasteiger charge is 2.18. The number of hydrogen-bond acceptors (Lipinski definition) is 3. The van der Waals surface area contributed by atoms with E-state index in [2.05, 4.69) is 0 Å². The number of carboxylic acids is 1. The lowest BCUT2D eigenvalue weighted by Crippen LogP contribution is -2.21. The van der Waals surface area contributed by atoms with Crippen molar-refractivity contribution < 1.29 is 19.4 Å². The summed E-state index contributed by atoms with van der Waals surface area (Å²) >= 11 is 0. The van der Waals surface area contributed by atoms with Crippen LogP contribution >= 0.6 is 0 Å². The van der Waals surface area contributed by atoms with Gasteiger partial charge in [-0.15, -0.1) is 0 Å². The van der Waals surface area contributed by atoms with Gasteiger partial charge in [0.2, 0.25) is 0 Å². The third-order valence-corrected chi connectivity index (χ3v) is 2.49. The van der Waals surface area contributed by atoms with Crippen molar-refractivity contribution in [3.8, 4) is 0 Å². The molecular formula is C11H16O4. The van der Waals surface area contributed by atoms with Gasteiger partial charge in [-0.2, -0.15) is 0 Å². The predicted molar refractivity (Wildman–Crippen MR) is 54.4 cm³/mol. The highest BCUT2D eigenvalue weighted by atomic mass is 16.5. The predicted octanol–water partition coefficient (Wildman–Crippen LogP) is 1.89. The van der Waals surface area contributed by atoms with Gasteiger partial charge in [0.25, 0.3) is 0 Å². The molecule has 0 aromatic carbocycles. The van der Waals surface area contributed by atoms with Gasteiger partial charge < -0.3 is 9.84 Å². The molecule has 1 fully saturated rings. The number of hydrogen-bond donors (Lipinski definition) is 1. The van der Waals surface area contributed by atoms with E-state index >= 15 is 0 Å². The number of esters is 1. The van der Waals surface area contributed by atoms with Crippen LogP contribution in [0.1, 0.15) is 39.0 Å².